The molecule has 1 aliphatic heterocycles. The minimum atomic E-state index is -0.181. The third-order valence-corrected chi connectivity index (χ3v) is 7.31. The van der Waals surface area contributed by atoms with Crippen molar-refractivity contribution in [1.29, 1.82) is 0 Å². The molecule has 4 aromatic rings. The summed E-state index contributed by atoms with van der Waals surface area (Å²) in [5.41, 5.74) is 8.64. The van der Waals surface area contributed by atoms with Crippen LogP contribution in [0.2, 0.25) is 0 Å². The molecule has 0 saturated heterocycles. The number of hydrogen-bond acceptors (Lipinski definition) is 5. The van der Waals surface area contributed by atoms with Gasteiger partial charge in [0.1, 0.15) is 5.75 Å². The third-order valence-electron chi connectivity index (χ3n) is 7.31. The van der Waals surface area contributed by atoms with E-state index in [1.807, 2.05) is 65.5 Å². The molecule has 0 saturated carbocycles. The zero-order chi connectivity index (χ0) is 28.4. The van der Waals surface area contributed by atoms with Crippen LogP contribution in [-0.2, 0) is 11.8 Å². The molecule has 0 spiro atoms. The maximum atomic E-state index is 13.4. The first-order valence-electron chi connectivity index (χ1n) is 13.6. The van der Waals surface area contributed by atoms with E-state index in [4.69, 9.17) is 4.74 Å². The van der Waals surface area contributed by atoms with Gasteiger partial charge in [-0.25, -0.2) is 4.68 Å². The molecule has 0 radical (unpaired) electrons. The lowest BCUT2D eigenvalue weighted by Crippen LogP contribution is -2.22. The molecule has 0 unspecified atom stereocenters. The number of rotatable bonds is 7. The van der Waals surface area contributed by atoms with Gasteiger partial charge in [-0.05, 0) is 66.3 Å². The number of para-hydroxylation sites is 1. The minimum absolute atomic E-state index is 0.0508. The van der Waals surface area contributed by atoms with Gasteiger partial charge in [0, 0.05) is 23.0 Å². The Hall–Kier alpha value is -4.52. The number of benzene rings is 3. The summed E-state index contributed by atoms with van der Waals surface area (Å²) in [6.45, 7) is 11.2. The number of ether oxygens (including phenoxy) is 1. The molecule has 5 rings (SSSR count). The zero-order valence-corrected chi connectivity index (χ0v) is 24.1. The Morgan fingerprint density at radius 2 is 1.85 bits per heavy atom. The number of aromatic nitrogens is 2. The molecule has 0 bridgehead atoms. The maximum absolute atomic E-state index is 13.4. The van der Waals surface area contributed by atoms with E-state index in [0.29, 0.717) is 23.7 Å². The van der Waals surface area contributed by atoms with E-state index < -0.39 is 0 Å². The summed E-state index contributed by atoms with van der Waals surface area (Å²) < 4.78 is 7.53. The van der Waals surface area contributed by atoms with E-state index >= 15 is 0 Å². The number of nitrogens with one attached hydrogen (secondary N) is 2. The Morgan fingerprint density at radius 3 is 2.55 bits per heavy atom. The summed E-state index contributed by atoms with van der Waals surface area (Å²) in [7, 11) is 1.61. The number of nitrogens with zero attached hydrogens (tertiary/aromatic N) is 3. The number of carbonyl (C=O) groups is 1. The minimum Gasteiger partial charge on any atom is -0.495 e. The van der Waals surface area contributed by atoms with Crippen molar-refractivity contribution in [3.05, 3.63) is 107 Å². The van der Waals surface area contributed by atoms with Crippen LogP contribution in [-0.4, -0.2) is 29.5 Å². The molecular weight excluding hydrogens is 498 g/mol. The number of anilines is 2. The van der Waals surface area contributed by atoms with Crippen LogP contribution < -0.4 is 20.3 Å². The topological polar surface area (TPSA) is 71.4 Å². The summed E-state index contributed by atoms with van der Waals surface area (Å²) in [5.74, 6) is 0.451. The van der Waals surface area contributed by atoms with Crippen LogP contribution in [0.1, 0.15) is 60.4 Å². The van der Waals surface area contributed by atoms with Crippen LogP contribution in [0.25, 0.3) is 11.4 Å². The van der Waals surface area contributed by atoms with Gasteiger partial charge in [-0.15, -0.1) is 0 Å². The van der Waals surface area contributed by atoms with E-state index in [1.54, 1.807) is 7.11 Å². The van der Waals surface area contributed by atoms with Gasteiger partial charge < -0.3 is 20.3 Å². The van der Waals surface area contributed by atoms with Crippen LogP contribution in [0, 0.1) is 6.92 Å². The number of aryl methyl sites for hydroxylation is 1. The second-order valence-electron chi connectivity index (χ2n) is 11.1. The van der Waals surface area contributed by atoms with Gasteiger partial charge in [0.2, 0.25) is 0 Å². The average molecular weight is 536 g/mol. The highest BCUT2D eigenvalue weighted by Crippen LogP contribution is 2.33. The fourth-order valence-electron chi connectivity index (χ4n) is 4.99. The second-order valence-corrected chi connectivity index (χ2v) is 11.1. The molecule has 7 nitrogen and oxygen atoms in total. The van der Waals surface area contributed by atoms with Gasteiger partial charge in [-0.2, -0.15) is 5.10 Å². The van der Waals surface area contributed by atoms with Crippen molar-refractivity contribution in [3.8, 4) is 11.4 Å². The van der Waals surface area contributed by atoms with Gasteiger partial charge in [-0.1, -0.05) is 58.0 Å². The maximum Gasteiger partial charge on any atom is 0.255 e. The standard InChI is InChI=1S/C33H37N5O2/c1-7-29-26(19-35-38(29)25-11-9-8-10-12-25)28-20-37(21-34-28)30-17-23(14-13-22(30)2)32(39)36-27-18-24(33(3,4)5)15-16-31(27)40-6/h8-20,34H,7,21H2,1-6H3,(H,36,39). The summed E-state index contributed by atoms with van der Waals surface area (Å²) in [6, 6.07) is 21.9. The number of hydrogen-bond donors (Lipinski definition) is 2. The predicted octanol–water partition coefficient (Wildman–Crippen LogP) is 6.67. The molecule has 3 aromatic carbocycles. The fourth-order valence-corrected chi connectivity index (χ4v) is 4.99. The lowest BCUT2D eigenvalue weighted by molar-refractivity contribution is 0.102. The Morgan fingerprint density at radius 1 is 1.07 bits per heavy atom. The average Bonchev–Trinajstić information content (AvgIpc) is 3.60. The molecule has 0 aliphatic carbocycles. The van der Waals surface area contributed by atoms with Gasteiger partial charge in [-0.3, -0.25) is 4.79 Å². The molecule has 1 amide bonds. The zero-order valence-electron chi connectivity index (χ0n) is 24.1. The Kier molecular flexibility index (Phi) is 7.39. The van der Waals surface area contributed by atoms with E-state index in [0.717, 1.165) is 45.9 Å². The molecule has 1 aliphatic rings. The van der Waals surface area contributed by atoms with Crippen molar-refractivity contribution in [2.75, 3.05) is 24.0 Å². The van der Waals surface area contributed by atoms with Gasteiger partial charge in [0.25, 0.3) is 5.91 Å². The highest BCUT2D eigenvalue weighted by Gasteiger charge is 2.22. The van der Waals surface area contributed by atoms with Crippen molar-refractivity contribution < 1.29 is 9.53 Å². The van der Waals surface area contributed by atoms with Crippen molar-refractivity contribution >= 4 is 23.0 Å². The van der Waals surface area contributed by atoms with E-state index in [2.05, 4.69) is 73.6 Å². The molecule has 0 fully saturated rings. The monoisotopic (exact) mass is 535 g/mol. The summed E-state index contributed by atoms with van der Waals surface area (Å²) >= 11 is 0. The SMILES string of the molecule is CCc1c(C2=CN(c3cc(C(=O)Nc4cc(C(C)(C)C)ccc4OC)ccc3C)CN2)cnn1-c1ccccc1. The number of carbonyl (C=O) groups excluding carboxylic acids is 1. The van der Waals surface area contributed by atoms with Crippen LogP contribution in [0.3, 0.4) is 0 Å². The second kappa shape index (κ2) is 10.9. The first kappa shape index (κ1) is 27.1. The predicted molar refractivity (Wildman–Crippen MR) is 162 cm³/mol. The first-order valence-corrected chi connectivity index (χ1v) is 13.6. The number of methoxy groups -OCH3 is 1. The quantitative estimate of drug-likeness (QED) is 0.277. The van der Waals surface area contributed by atoms with Crippen LogP contribution in [0.5, 0.6) is 5.75 Å². The van der Waals surface area contributed by atoms with Crippen LogP contribution >= 0.6 is 0 Å². The lowest BCUT2D eigenvalue weighted by atomic mass is 9.87. The fraction of sp³-hybridized carbons (Fsp3) is 0.273. The van der Waals surface area contributed by atoms with Crippen molar-refractivity contribution in [1.82, 2.24) is 15.1 Å². The van der Waals surface area contributed by atoms with E-state index in [9.17, 15) is 4.79 Å². The van der Waals surface area contributed by atoms with Gasteiger partial charge in [0.15, 0.2) is 0 Å². The van der Waals surface area contributed by atoms with Crippen LogP contribution in [0.4, 0.5) is 11.4 Å². The van der Waals surface area contributed by atoms with Crippen LogP contribution in [0.15, 0.2) is 79.1 Å². The molecule has 7 heteroatoms. The van der Waals surface area contributed by atoms with Gasteiger partial charge in [0.05, 0.1) is 42.7 Å². The normalized spacial score (nSPS) is 13.2. The van der Waals surface area contributed by atoms with Crippen molar-refractivity contribution in [2.45, 2.75) is 46.5 Å². The molecule has 40 heavy (non-hydrogen) atoms. The Labute approximate surface area is 236 Å². The van der Waals surface area contributed by atoms with Crippen molar-refractivity contribution in [2.24, 2.45) is 0 Å². The highest BCUT2D eigenvalue weighted by atomic mass is 16.5. The van der Waals surface area contributed by atoms with Crippen molar-refractivity contribution in [3.63, 3.8) is 0 Å². The molecule has 2 N–H and O–H groups in total. The lowest BCUT2D eigenvalue weighted by Gasteiger charge is -2.21. The Balaban J connectivity index is 1.41. The third kappa shape index (κ3) is 5.32. The molecule has 2 heterocycles. The van der Waals surface area contributed by atoms with E-state index in [-0.39, 0.29) is 11.3 Å². The highest BCUT2D eigenvalue weighted by molar-refractivity contribution is 6.05. The summed E-state index contributed by atoms with van der Waals surface area (Å²) in [4.78, 5) is 15.5. The molecule has 206 valence electrons. The molecule has 1 aromatic heterocycles. The smallest absolute Gasteiger partial charge is 0.255 e. The number of amides is 1. The molecule has 0 atom stereocenters. The van der Waals surface area contributed by atoms with Gasteiger partial charge >= 0.3 is 0 Å². The summed E-state index contributed by atoms with van der Waals surface area (Å²) in [6.07, 6.45) is 4.87. The Bertz CT molecular complexity index is 1560. The first-order chi connectivity index (χ1) is 19.2. The molecular formula is C33H37N5O2. The summed E-state index contributed by atoms with van der Waals surface area (Å²) in [5, 5.41) is 11.3. The van der Waals surface area contributed by atoms with E-state index in [1.165, 1.54) is 0 Å². The largest absolute Gasteiger partial charge is 0.495 e.